The highest BCUT2D eigenvalue weighted by atomic mass is 32.2. The zero-order valence-corrected chi connectivity index (χ0v) is 7.12. The predicted octanol–water partition coefficient (Wildman–Crippen LogP) is -0.905. The quantitative estimate of drug-likeness (QED) is 0.477. The van der Waals surface area contributed by atoms with Gasteiger partial charge in [0, 0.05) is 0 Å². The van der Waals surface area contributed by atoms with Gasteiger partial charge >= 0.3 is 27.3 Å². The molecule has 7 nitrogen and oxygen atoms in total. The first kappa shape index (κ1) is 12.7. The number of carboxylic acids is 1. The number of rotatable bonds is 4. The second-order valence-electron chi connectivity index (χ2n) is 1.96. The number of carbonyl (C=O) groups is 2. The first-order valence-electron chi connectivity index (χ1n) is 2.83. The van der Waals surface area contributed by atoms with E-state index in [-0.39, 0.29) is 0 Å². The van der Waals surface area contributed by atoms with Crippen LogP contribution < -0.4 is 0 Å². The molecule has 0 rings (SSSR count). The van der Waals surface area contributed by atoms with Gasteiger partial charge in [-0.05, 0) is 0 Å². The van der Waals surface area contributed by atoms with Gasteiger partial charge in [-0.1, -0.05) is 0 Å². The molecular weight excluding hydrogens is 230 g/mol. The Hall–Kier alpha value is -1.29. The van der Waals surface area contributed by atoms with Crippen LogP contribution in [0.2, 0.25) is 0 Å². The van der Waals surface area contributed by atoms with E-state index >= 15 is 0 Å². The summed E-state index contributed by atoms with van der Waals surface area (Å²) in [5.41, 5.74) is 0. The molecule has 0 amide bonds. The molecule has 0 bridgehead atoms. The first-order valence-corrected chi connectivity index (χ1v) is 4.27. The molecule has 0 spiro atoms. The fourth-order valence-electron chi connectivity index (χ4n) is 0.317. The van der Waals surface area contributed by atoms with Gasteiger partial charge in [0.05, 0.1) is 0 Å². The lowest BCUT2D eigenvalue weighted by atomic mass is 10.7. The van der Waals surface area contributed by atoms with Crippen LogP contribution in [0.1, 0.15) is 0 Å². The number of aliphatic carboxylic acids is 1. The molecule has 0 aliphatic heterocycles. The minimum Gasteiger partial charge on any atom is -0.479 e. The Balaban J connectivity index is 4.62. The van der Waals surface area contributed by atoms with Gasteiger partial charge in [-0.2, -0.15) is 17.2 Å². The van der Waals surface area contributed by atoms with E-state index in [2.05, 4.69) is 4.74 Å². The molecular formula is C4H4F2O7S. The zero-order chi connectivity index (χ0) is 11.6. The van der Waals surface area contributed by atoms with Crippen molar-refractivity contribution in [2.75, 3.05) is 6.61 Å². The summed E-state index contributed by atoms with van der Waals surface area (Å²) < 4.78 is 55.6. The number of hydrogen-bond donors (Lipinski definition) is 2. The van der Waals surface area contributed by atoms with Crippen LogP contribution in [0.15, 0.2) is 0 Å². The largest absolute Gasteiger partial charge is 0.479 e. The molecule has 0 aliphatic rings. The van der Waals surface area contributed by atoms with Gasteiger partial charge in [-0.25, -0.2) is 9.59 Å². The fraction of sp³-hybridized carbons (Fsp3) is 0.500. The Morgan fingerprint density at radius 2 is 1.79 bits per heavy atom. The van der Waals surface area contributed by atoms with Crippen molar-refractivity contribution in [2.45, 2.75) is 5.25 Å². The molecule has 0 saturated carbocycles. The molecule has 14 heavy (non-hydrogen) atoms. The predicted molar refractivity (Wildman–Crippen MR) is 35.1 cm³/mol. The number of halogens is 2. The number of carboxylic acid groups (broad SMARTS) is 1. The first-order chi connectivity index (χ1) is 6.09. The lowest BCUT2D eigenvalue weighted by Gasteiger charge is -2.10. The Kier molecular flexibility index (Phi) is 3.48. The van der Waals surface area contributed by atoms with E-state index in [0.717, 1.165) is 0 Å². The van der Waals surface area contributed by atoms with Crippen molar-refractivity contribution in [1.29, 1.82) is 0 Å². The van der Waals surface area contributed by atoms with E-state index in [1.54, 1.807) is 0 Å². The van der Waals surface area contributed by atoms with Gasteiger partial charge in [0.2, 0.25) is 0 Å². The maximum atomic E-state index is 12.3. The molecule has 0 heterocycles. The fourth-order valence-corrected chi connectivity index (χ4v) is 0.586. The number of ether oxygens (including phenoxy) is 1. The molecule has 0 fully saturated rings. The van der Waals surface area contributed by atoms with Crippen LogP contribution in [0.25, 0.3) is 0 Å². The molecule has 82 valence electrons. The van der Waals surface area contributed by atoms with E-state index in [1.807, 2.05) is 0 Å². The third-order valence-corrected chi connectivity index (χ3v) is 1.70. The monoisotopic (exact) mass is 234 g/mol. The summed E-state index contributed by atoms with van der Waals surface area (Å²) in [5, 5.41) is 2.73. The van der Waals surface area contributed by atoms with Crippen molar-refractivity contribution in [3.05, 3.63) is 0 Å². The average molecular weight is 234 g/mol. The van der Waals surface area contributed by atoms with E-state index in [4.69, 9.17) is 9.66 Å². The number of carbonyl (C=O) groups excluding carboxylic acids is 1. The molecule has 10 heteroatoms. The summed E-state index contributed by atoms with van der Waals surface area (Å²) in [6.07, 6.45) is 0. The lowest BCUT2D eigenvalue weighted by molar-refractivity contribution is -0.167. The van der Waals surface area contributed by atoms with Crippen LogP contribution in [0.3, 0.4) is 0 Å². The third-order valence-electron chi connectivity index (χ3n) is 0.888. The maximum Gasteiger partial charge on any atom is 0.465 e. The molecule has 0 unspecified atom stereocenters. The maximum absolute atomic E-state index is 12.3. The van der Waals surface area contributed by atoms with E-state index in [1.165, 1.54) is 0 Å². The molecule has 0 aromatic heterocycles. The summed E-state index contributed by atoms with van der Waals surface area (Å²) in [6, 6.07) is 0. The van der Waals surface area contributed by atoms with E-state index in [9.17, 15) is 26.8 Å². The average Bonchev–Trinajstić information content (AvgIpc) is 1.97. The van der Waals surface area contributed by atoms with Crippen LogP contribution in [0.4, 0.5) is 8.78 Å². The van der Waals surface area contributed by atoms with Gasteiger partial charge in [-0.3, -0.25) is 4.55 Å². The molecule has 0 aromatic rings. The Bertz CT molecular complexity index is 345. The van der Waals surface area contributed by atoms with Crippen molar-refractivity contribution in [2.24, 2.45) is 0 Å². The standard InChI is InChI=1S/C4H4F2O7S/c5-4(6,14(10,11)12)3(9)13-1-2(7)8/h1H2,(H,7,8)(H,10,11,12). The SMILES string of the molecule is O=C(O)COC(=O)C(F)(F)S(=O)(=O)O. The third kappa shape index (κ3) is 2.88. The van der Waals surface area contributed by atoms with Crippen molar-refractivity contribution in [3.63, 3.8) is 0 Å². The topological polar surface area (TPSA) is 118 Å². The van der Waals surface area contributed by atoms with E-state index < -0.39 is 33.9 Å². The summed E-state index contributed by atoms with van der Waals surface area (Å²) in [6.45, 7) is -1.43. The van der Waals surface area contributed by atoms with Gasteiger partial charge in [-0.15, -0.1) is 0 Å². The summed E-state index contributed by atoms with van der Waals surface area (Å²) in [5.74, 6) is -4.40. The van der Waals surface area contributed by atoms with Crippen LogP contribution in [0, 0.1) is 0 Å². The molecule has 0 saturated heterocycles. The second kappa shape index (κ2) is 3.84. The molecule has 2 N–H and O–H groups in total. The molecule has 0 radical (unpaired) electrons. The van der Waals surface area contributed by atoms with Crippen molar-refractivity contribution in [3.8, 4) is 0 Å². The minimum absolute atomic E-state index is 1.43. The van der Waals surface area contributed by atoms with E-state index in [0.29, 0.717) is 0 Å². The minimum atomic E-state index is -5.95. The Labute approximate surface area is 76.0 Å². The van der Waals surface area contributed by atoms with Crippen LogP contribution in [0.5, 0.6) is 0 Å². The lowest BCUT2D eigenvalue weighted by Crippen LogP contribution is -2.39. The van der Waals surface area contributed by atoms with Crippen molar-refractivity contribution in [1.82, 2.24) is 0 Å². The number of hydrogen-bond acceptors (Lipinski definition) is 5. The summed E-state index contributed by atoms with van der Waals surface area (Å²) in [7, 11) is -5.95. The number of alkyl halides is 2. The van der Waals surface area contributed by atoms with Crippen LogP contribution in [-0.4, -0.2) is 41.9 Å². The highest BCUT2D eigenvalue weighted by Gasteiger charge is 2.54. The highest BCUT2D eigenvalue weighted by molar-refractivity contribution is 7.87. The van der Waals surface area contributed by atoms with Gasteiger partial charge in [0.15, 0.2) is 6.61 Å². The summed E-state index contributed by atoms with van der Waals surface area (Å²) in [4.78, 5) is 20.0. The number of esters is 1. The molecule has 0 aromatic carbocycles. The Morgan fingerprint density at radius 3 is 2.07 bits per heavy atom. The van der Waals surface area contributed by atoms with Gasteiger partial charge in [0.25, 0.3) is 0 Å². The zero-order valence-electron chi connectivity index (χ0n) is 6.31. The van der Waals surface area contributed by atoms with Crippen LogP contribution >= 0.6 is 0 Å². The molecule has 0 aliphatic carbocycles. The van der Waals surface area contributed by atoms with Crippen LogP contribution in [-0.2, 0) is 24.4 Å². The van der Waals surface area contributed by atoms with Crippen molar-refractivity contribution >= 4 is 22.1 Å². The highest BCUT2D eigenvalue weighted by Crippen LogP contribution is 2.21. The second-order valence-corrected chi connectivity index (χ2v) is 3.42. The Morgan fingerprint density at radius 1 is 1.36 bits per heavy atom. The van der Waals surface area contributed by atoms with Crippen molar-refractivity contribution < 1.29 is 41.2 Å². The normalized spacial score (nSPS) is 12.2. The summed E-state index contributed by atoms with van der Waals surface area (Å²) >= 11 is 0. The van der Waals surface area contributed by atoms with Gasteiger partial charge < -0.3 is 9.84 Å². The van der Waals surface area contributed by atoms with Gasteiger partial charge in [0.1, 0.15) is 0 Å². The smallest absolute Gasteiger partial charge is 0.465 e. The molecule has 0 atom stereocenters.